The number of thiazole rings is 1. The summed E-state index contributed by atoms with van der Waals surface area (Å²) in [5, 5.41) is 3.72. The lowest BCUT2D eigenvalue weighted by molar-refractivity contribution is -0.128. The van der Waals surface area contributed by atoms with E-state index < -0.39 is 15.8 Å². The first-order valence-electron chi connectivity index (χ1n) is 9.13. The van der Waals surface area contributed by atoms with Gasteiger partial charge >= 0.3 is 0 Å². The summed E-state index contributed by atoms with van der Waals surface area (Å²) in [4.78, 5) is 31.2. The van der Waals surface area contributed by atoms with Crippen molar-refractivity contribution in [1.29, 1.82) is 0 Å². The summed E-state index contributed by atoms with van der Waals surface area (Å²) in [6.07, 6.45) is 1.27. The number of aromatic nitrogens is 1. The number of carbonyl (C=O) groups is 2. The van der Waals surface area contributed by atoms with Crippen LogP contribution in [0.2, 0.25) is 5.02 Å². The lowest BCUT2D eigenvalue weighted by atomic mass is 10.1. The van der Waals surface area contributed by atoms with Gasteiger partial charge in [-0.3, -0.25) is 9.59 Å². The van der Waals surface area contributed by atoms with Gasteiger partial charge in [-0.05, 0) is 29.8 Å². The van der Waals surface area contributed by atoms with E-state index >= 15 is 0 Å². The molecule has 2 amide bonds. The van der Waals surface area contributed by atoms with Gasteiger partial charge in [-0.2, -0.15) is 0 Å². The van der Waals surface area contributed by atoms with Crippen LogP contribution in [0.25, 0.3) is 10.2 Å². The molecule has 1 unspecified atom stereocenters. The van der Waals surface area contributed by atoms with Gasteiger partial charge in [0.15, 0.2) is 15.0 Å². The van der Waals surface area contributed by atoms with Gasteiger partial charge in [-0.15, -0.1) is 0 Å². The van der Waals surface area contributed by atoms with E-state index in [1.807, 2.05) is 18.2 Å². The SMILES string of the molecule is CS(=O)(=O)c1ccc2nc(NC(=O)C3CC(=O)N(Cc4ccccc4Cl)C3)sc2c1. The van der Waals surface area contributed by atoms with E-state index in [1.165, 1.54) is 17.4 Å². The van der Waals surface area contributed by atoms with Gasteiger partial charge in [0.05, 0.1) is 21.0 Å². The molecule has 156 valence electrons. The molecule has 0 aliphatic carbocycles. The van der Waals surface area contributed by atoms with Crippen molar-refractivity contribution >= 4 is 59.9 Å². The smallest absolute Gasteiger partial charge is 0.231 e. The summed E-state index contributed by atoms with van der Waals surface area (Å²) in [5.41, 5.74) is 1.44. The number of hydrogen-bond donors (Lipinski definition) is 1. The molecule has 3 aromatic rings. The van der Waals surface area contributed by atoms with Crippen LogP contribution in [0.5, 0.6) is 0 Å². The Morgan fingerprint density at radius 1 is 1.30 bits per heavy atom. The predicted octanol–water partition coefficient (Wildman–Crippen LogP) is 3.34. The van der Waals surface area contributed by atoms with E-state index in [0.29, 0.717) is 33.5 Å². The lowest BCUT2D eigenvalue weighted by Crippen LogP contribution is -2.28. The van der Waals surface area contributed by atoms with Crippen LogP contribution in [0.15, 0.2) is 47.4 Å². The van der Waals surface area contributed by atoms with E-state index in [1.54, 1.807) is 23.1 Å². The number of anilines is 1. The van der Waals surface area contributed by atoms with Crippen molar-refractivity contribution in [1.82, 2.24) is 9.88 Å². The van der Waals surface area contributed by atoms with Crippen LogP contribution in [-0.4, -0.2) is 42.9 Å². The van der Waals surface area contributed by atoms with Crippen LogP contribution in [0.1, 0.15) is 12.0 Å². The zero-order valence-electron chi connectivity index (χ0n) is 16.0. The van der Waals surface area contributed by atoms with Gasteiger partial charge in [0, 0.05) is 30.8 Å². The van der Waals surface area contributed by atoms with Crippen molar-refractivity contribution in [3.8, 4) is 0 Å². The highest BCUT2D eigenvalue weighted by Crippen LogP contribution is 2.30. The largest absolute Gasteiger partial charge is 0.337 e. The molecule has 1 aromatic heterocycles. The quantitative estimate of drug-likeness (QED) is 0.626. The Balaban J connectivity index is 1.45. The Bertz CT molecular complexity index is 1260. The van der Waals surface area contributed by atoms with Crippen molar-refractivity contribution in [3.63, 3.8) is 0 Å². The van der Waals surface area contributed by atoms with Gasteiger partial charge in [0.2, 0.25) is 11.8 Å². The number of carbonyl (C=O) groups excluding carboxylic acids is 2. The van der Waals surface area contributed by atoms with Crippen LogP contribution in [0.3, 0.4) is 0 Å². The van der Waals surface area contributed by atoms with Crippen molar-refractivity contribution in [3.05, 3.63) is 53.1 Å². The number of amides is 2. The zero-order valence-corrected chi connectivity index (χ0v) is 18.4. The summed E-state index contributed by atoms with van der Waals surface area (Å²) in [6.45, 7) is 0.663. The molecule has 10 heteroatoms. The Hall–Kier alpha value is -2.49. The maximum atomic E-state index is 12.7. The Morgan fingerprint density at radius 2 is 2.07 bits per heavy atom. The number of fused-ring (bicyclic) bond motifs is 1. The number of hydrogen-bond acceptors (Lipinski definition) is 6. The minimum absolute atomic E-state index is 0.0998. The number of nitrogens with zero attached hydrogens (tertiary/aromatic N) is 2. The van der Waals surface area contributed by atoms with Crippen molar-refractivity contribution < 1.29 is 18.0 Å². The van der Waals surface area contributed by atoms with Crippen molar-refractivity contribution in [2.45, 2.75) is 17.9 Å². The standard InChI is InChI=1S/C20H18ClN3O4S2/c1-30(27,28)14-6-7-16-17(9-14)29-20(22-16)23-19(26)13-8-18(25)24(11-13)10-12-4-2-3-5-15(12)21/h2-7,9,13H,8,10-11H2,1H3,(H,22,23,26). The third-order valence-corrected chi connectivity index (χ3v) is 7.34. The molecule has 1 atom stereocenters. The molecule has 1 fully saturated rings. The topological polar surface area (TPSA) is 96.4 Å². The molecule has 1 saturated heterocycles. The van der Waals surface area contributed by atoms with Crippen molar-refractivity contribution in [2.75, 3.05) is 18.1 Å². The second-order valence-electron chi connectivity index (χ2n) is 7.18. The van der Waals surface area contributed by atoms with E-state index in [0.717, 1.165) is 11.8 Å². The highest BCUT2D eigenvalue weighted by Gasteiger charge is 2.34. The fourth-order valence-corrected chi connectivity index (χ4v) is 5.15. The highest BCUT2D eigenvalue weighted by molar-refractivity contribution is 7.90. The van der Waals surface area contributed by atoms with Crippen LogP contribution >= 0.6 is 22.9 Å². The number of rotatable bonds is 5. The second kappa shape index (κ2) is 7.98. The zero-order chi connectivity index (χ0) is 21.5. The molecule has 7 nitrogen and oxygen atoms in total. The predicted molar refractivity (Wildman–Crippen MR) is 116 cm³/mol. The third kappa shape index (κ3) is 4.33. The summed E-state index contributed by atoms with van der Waals surface area (Å²) >= 11 is 7.37. The Morgan fingerprint density at radius 3 is 2.80 bits per heavy atom. The first kappa shape index (κ1) is 20.8. The number of benzene rings is 2. The van der Waals surface area contributed by atoms with Gasteiger partial charge in [-0.1, -0.05) is 41.1 Å². The van der Waals surface area contributed by atoms with Crippen molar-refractivity contribution in [2.24, 2.45) is 5.92 Å². The monoisotopic (exact) mass is 463 g/mol. The maximum Gasteiger partial charge on any atom is 0.231 e. The molecule has 1 aliphatic rings. The molecule has 1 aliphatic heterocycles. The number of sulfone groups is 1. The van der Waals surface area contributed by atoms with E-state index in [2.05, 4.69) is 10.3 Å². The average Bonchev–Trinajstić information content (AvgIpc) is 3.25. The van der Waals surface area contributed by atoms with Crippen LogP contribution in [0.4, 0.5) is 5.13 Å². The highest BCUT2D eigenvalue weighted by atomic mass is 35.5. The molecule has 1 N–H and O–H groups in total. The number of likely N-dealkylation sites (tertiary alicyclic amines) is 1. The average molecular weight is 464 g/mol. The summed E-state index contributed by atoms with van der Waals surface area (Å²) < 4.78 is 24.1. The minimum Gasteiger partial charge on any atom is -0.337 e. The molecule has 0 radical (unpaired) electrons. The first-order valence-corrected chi connectivity index (χ1v) is 12.2. The summed E-state index contributed by atoms with van der Waals surface area (Å²) in [5.74, 6) is -0.872. The van der Waals surface area contributed by atoms with Gasteiger partial charge in [0.1, 0.15) is 0 Å². The van der Waals surface area contributed by atoms with Gasteiger partial charge in [-0.25, -0.2) is 13.4 Å². The fourth-order valence-electron chi connectivity index (χ4n) is 3.33. The normalized spacial score (nSPS) is 16.9. The molecule has 0 saturated carbocycles. The van der Waals surface area contributed by atoms with E-state index in [4.69, 9.17) is 11.6 Å². The molecule has 2 aromatic carbocycles. The van der Waals surface area contributed by atoms with Crippen LogP contribution in [-0.2, 0) is 26.0 Å². The Kier molecular flexibility index (Phi) is 5.52. The molecule has 0 spiro atoms. The maximum absolute atomic E-state index is 12.7. The third-order valence-electron chi connectivity index (χ3n) is 4.92. The minimum atomic E-state index is -3.32. The van der Waals surface area contributed by atoms with Gasteiger partial charge < -0.3 is 10.2 Å². The number of nitrogens with one attached hydrogen (secondary N) is 1. The number of halogens is 1. The van der Waals surface area contributed by atoms with Gasteiger partial charge in [0.25, 0.3) is 0 Å². The molecule has 0 bridgehead atoms. The molecule has 4 rings (SSSR count). The lowest BCUT2D eigenvalue weighted by Gasteiger charge is -2.17. The molecule has 2 heterocycles. The fraction of sp³-hybridized carbons (Fsp3) is 0.250. The summed E-state index contributed by atoms with van der Waals surface area (Å²) in [7, 11) is -3.32. The Labute approximate surface area is 182 Å². The molecular weight excluding hydrogens is 446 g/mol. The van der Waals surface area contributed by atoms with E-state index in [-0.39, 0.29) is 23.1 Å². The molecule has 30 heavy (non-hydrogen) atoms. The van der Waals surface area contributed by atoms with Crippen LogP contribution < -0.4 is 5.32 Å². The molecular formula is C20H18ClN3O4S2. The second-order valence-corrected chi connectivity index (χ2v) is 10.6. The van der Waals surface area contributed by atoms with E-state index in [9.17, 15) is 18.0 Å². The summed E-state index contributed by atoms with van der Waals surface area (Å²) in [6, 6.07) is 12.0. The van der Waals surface area contributed by atoms with Crippen LogP contribution in [0, 0.1) is 5.92 Å². The first-order chi connectivity index (χ1) is 14.2.